The van der Waals surface area contributed by atoms with Crippen LogP contribution in [0, 0.1) is 5.92 Å². The predicted octanol–water partition coefficient (Wildman–Crippen LogP) is 5.77. The van der Waals surface area contributed by atoms with Crippen LogP contribution in [0.1, 0.15) is 18.4 Å². The van der Waals surface area contributed by atoms with Crippen LogP contribution in [0.4, 0.5) is 27.9 Å². The summed E-state index contributed by atoms with van der Waals surface area (Å²) in [5.74, 6) is 1.66. The average Bonchev–Trinajstić information content (AvgIpc) is 2.82. The summed E-state index contributed by atoms with van der Waals surface area (Å²) in [5.41, 5.74) is 3.39. The molecule has 5 rings (SSSR count). The van der Waals surface area contributed by atoms with Crippen LogP contribution in [0.2, 0.25) is 5.02 Å². The number of halogens is 1. The van der Waals surface area contributed by atoms with Gasteiger partial charge in [-0.05, 0) is 55.2 Å². The molecule has 2 aliphatic heterocycles. The summed E-state index contributed by atoms with van der Waals surface area (Å²) in [6.45, 7) is 0. The van der Waals surface area contributed by atoms with Crippen molar-refractivity contribution >= 4 is 47.0 Å². The van der Waals surface area contributed by atoms with E-state index in [2.05, 4.69) is 30.9 Å². The molecular weight excluding hydrogens is 440 g/mol. The fourth-order valence-corrected chi connectivity index (χ4v) is 3.91. The molecule has 2 aliphatic rings. The molecule has 1 aromatic heterocycles. The summed E-state index contributed by atoms with van der Waals surface area (Å²) in [7, 11) is 0. The molecule has 8 nitrogen and oxygen atoms in total. The zero-order valence-electron chi connectivity index (χ0n) is 17.6. The lowest BCUT2D eigenvalue weighted by Crippen LogP contribution is -2.18. The van der Waals surface area contributed by atoms with Gasteiger partial charge in [-0.2, -0.15) is 4.98 Å². The number of anilines is 4. The van der Waals surface area contributed by atoms with Crippen LogP contribution in [0.5, 0.6) is 5.75 Å². The number of aromatic nitrogens is 2. The molecule has 1 amide bonds. The van der Waals surface area contributed by atoms with Crippen LogP contribution < -0.4 is 20.7 Å². The van der Waals surface area contributed by atoms with Gasteiger partial charge in [-0.25, -0.2) is 9.78 Å². The molecule has 0 spiro atoms. The zero-order chi connectivity index (χ0) is 22.6. The summed E-state index contributed by atoms with van der Waals surface area (Å²) >= 11 is 6.32. The Hall–Kier alpha value is -3.91. The standard InChI is InChI=1S/C24H21ClN6O2/c25-20-14-27-23-29-18-10-15(12-26-13-18)6-7-16-11-17(28-22(20)31-23)8-9-21(16)30-24(32)33-19-4-2-1-3-5-19/h1-5,8-9,11-15H,6-7,10H2,(H,30,32)(H2,27,28,29,31). The SMILES string of the molecule is O=C(Nc1ccc2cc1CCC1C=NC=C(C1)Nc1ncc(Cl)c(n1)N2)Oc1ccccc1. The fraction of sp³-hybridized carbons (Fsp3) is 0.167. The number of allylic oxidation sites excluding steroid dienone is 1. The molecule has 33 heavy (non-hydrogen) atoms. The van der Waals surface area contributed by atoms with Gasteiger partial charge in [-0.3, -0.25) is 10.3 Å². The molecule has 166 valence electrons. The zero-order valence-corrected chi connectivity index (χ0v) is 18.3. The Morgan fingerprint density at radius 1 is 1.15 bits per heavy atom. The molecule has 0 saturated heterocycles. The topological polar surface area (TPSA) is 101 Å². The van der Waals surface area contributed by atoms with Gasteiger partial charge < -0.3 is 15.4 Å². The van der Waals surface area contributed by atoms with Crippen molar-refractivity contribution in [2.24, 2.45) is 10.9 Å². The first-order chi connectivity index (χ1) is 16.1. The Bertz CT molecular complexity index is 1240. The lowest BCUT2D eigenvalue weighted by molar-refractivity contribution is 0.215. The maximum atomic E-state index is 12.5. The van der Waals surface area contributed by atoms with Crippen molar-refractivity contribution in [1.82, 2.24) is 9.97 Å². The van der Waals surface area contributed by atoms with Gasteiger partial charge in [0.05, 0.1) is 6.20 Å². The summed E-state index contributed by atoms with van der Waals surface area (Å²) < 4.78 is 5.39. The van der Waals surface area contributed by atoms with E-state index in [1.807, 2.05) is 42.6 Å². The number of amides is 1. The van der Waals surface area contributed by atoms with Crippen LogP contribution in [-0.2, 0) is 6.42 Å². The van der Waals surface area contributed by atoms with Gasteiger partial charge in [0.2, 0.25) is 5.95 Å². The summed E-state index contributed by atoms with van der Waals surface area (Å²) in [6, 6.07) is 14.6. The molecule has 3 aromatic rings. The van der Waals surface area contributed by atoms with Crippen molar-refractivity contribution in [2.75, 3.05) is 16.0 Å². The lowest BCUT2D eigenvalue weighted by atomic mass is 9.94. The maximum Gasteiger partial charge on any atom is 0.417 e. The predicted molar refractivity (Wildman–Crippen MR) is 129 cm³/mol. The monoisotopic (exact) mass is 460 g/mol. The van der Waals surface area contributed by atoms with E-state index >= 15 is 0 Å². The number of hydrogen-bond donors (Lipinski definition) is 3. The second-order valence-electron chi connectivity index (χ2n) is 7.80. The Kier molecular flexibility index (Phi) is 5.91. The van der Waals surface area contributed by atoms with Crippen molar-refractivity contribution in [3.05, 3.63) is 77.2 Å². The molecule has 3 N–H and O–H groups in total. The lowest BCUT2D eigenvalue weighted by Gasteiger charge is -2.19. The number of para-hydroxylation sites is 1. The van der Waals surface area contributed by atoms with Gasteiger partial charge in [0.25, 0.3) is 0 Å². The Morgan fingerprint density at radius 2 is 2.03 bits per heavy atom. The van der Waals surface area contributed by atoms with Crippen LogP contribution in [0.15, 0.2) is 71.6 Å². The van der Waals surface area contributed by atoms with Crippen molar-refractivity contribution in [1.29, 1.82) is 0 Å². The van der Waals surface area contributed by atoms with E-state index in [0.717, 1.165) is 36.2 Å². The highest BCUT2D eigenvalue weighted by molar-refractivity contribution is 6.32. The van der Waals surface area contributed by atoms with Gasteiger partial charge in [-0.15, -0.1) is 0 Å². The van der Waals surface area contributed by atoms with E-state index in [1.54, 1.807) is 24.5 Å². The van der Waals surface area contributed by atoms with Gasteiger partial charge in [-0.1, -0.05) is 29.8 Å². The van der Waals surface area contributed by atoms with Crippen LogP contribution in [0.25, 0.3) is 0 Å². The molecule has 0 fully saturated rings. The number of fused-ring (bicyclic) bond motifs is 6. The summed E-state index contributed by atoms with van der Waals surface area (Å²) in [4.78, 5) is 25.7. The normalized spacial score (nSPS) is 16.6. The number of benzene rings is 2. The molecule has 1 unspecified atom stereocenters. The van der Waals surface area contributed by atoms with Gasteiger partial charge in [0, 0.05) is 35.4 Å². The van der Waals surface area contributed by atoms with E-state index < -0.39 is 6.09 Å². The smallest absolute Gasteiger partial charge is 0.410 e. The van der Waals surface area contributed by atoms with Crippen LogP contribution in [-0.4, -0.2) is 22.3 Å². The van der Waals surface area contributed by atoms with Crippen LogP contribution >= 0.6 is 11.6 Å². The van der Waals surface area contributed by atoms with Crippen molar-refractivity contribution in [3.63, 3.8) is 0 Å². The molecule has 9 heteroatoms. The Morgan fingerprint density at radius 3 is 2.91 bits per heavy atom. The second-order valence-corrected chi connectivity index (χ2v) is 8.20. The van der Waals surface area contributed by atoms with Gasteiger partial charge in [0.1, 0.15) is 10.8 Å². The van der Waals surface area contributed by atoms with Crippen molar-refractivity contribution in [3.8, 4) is 5.75 Å². The number of aliphatic imine (C=N–C) groups is 1. The van der Waals surface area contributed by atoms with Crippen molar-refractivity contribution in [2.45, 2.75) is 19.3 Å². The van der Waals surface area contributed by atoms with Gasteiger partial charge >= 0.3 is 6.09 Å². The number of hydrogen-bond acceptors (Lipinski definition) is 7. The van der Waals surface area contributed by atoms with E-state index in [-0.39, 0.29) is 5.92 Å². The molecule has 3 heterocycles. The van der Waals surface area contributed by atoms with E-state index in [4.69, 9.17) is 16.3 Å². The molecular formula is C24H21ClN6O2. The fourth-order valence-electron chi connectivity index (χ4n) is 3.77. The number of carbonyl (C=O) groups excluding carboxylic acids is 1. The first kappa shape index (κ1) is 21.0. The molecule has 6 bridgehead atoms. The number of ether oxygens (including phenoxy) is 1. The third-order valence-corrected chi connectivity index (χ3v) is 5.65. The largest absolute Gasteiger partial charge is 0.417 e. The van der Waals surface area contributed by atoms with Crippen molar-refractivity contribution < 1.29 is 9.53 Å². The minimum atomic E-state index is -0.543. The summed E-state index contributed by atoms with van der Waals surface area (Å²) in [6.07, 6.45) is 7.13. The van der Waals surface area contributed by atoms with E-state index in [1.165, 1.54) is 0 Å². The summed E-state index contributed by atoms with van der Waals surface area (Å²) in [5, 5.41) is 9.76. The third-order valence-electron chi connectivity index (χ3n) is 5.37. The highest BCUT2D eigenvalue weighted by atomic mass is 35.5. The Balaban J connectivity index is 1.44. The molecule has 1 atom stereocenters. The van der Waals surface area contributed by atoms with E-state index in [0.29, 0.717) is 28.2 Å². The number of carbonyl (C=O) groups is 1. The number of rotatable bonds is 2. The highest BCUT2D eigenvalue weighted by Crippen LogP contribution is 2.30. The number of aryl methyl sites for hydroxylation is 1. The number of nitrogens with one attached hydrogen (secondary N) is 3. The quantitative estimate of drug-likeness (QED) is 0.448. The maximum absolute atomic E-state index is 12.5. The molecule has 0 saturated carbocycles. The average molecular weight is 461 g/mol. The minimum Gasteiger partial charge on any atom is -0.410 e. The molecule has 0 aliphatic carbocycles. The van der Waals surface area contributed by atoms with E-state index in [9.17, 15) is 4.79 Å². The Labute approximate surface area is 195 Å². The third kappa shape index (κ3) is 5.12. The molecule has 0 radical (unpaired) electrons. The van der Waals surface area contributed by atoms with Gasteiger partial charge in [0.15, 0.2) is 5.82 Å². The first-order valence-electron chi connectivity index (χ1n) is 10.6. The minimum absolute atomic E-state index is 0.241. The van der Waals surface area contributed by atoms with Crippen LogP contribution in [0.3, 0.4) is 0 Å². The number of nitrogens with zero attached hydrogens (tertiary/aromatic N) is 3. The second kappa shape index (κ2) is 9.30. The highest BCUT2D eigenvalue weighted by Gasteiger charge is 2.18. The first-order valence-corrected chi connectivity index (χ1v) is 11.0. The molecule has 2 aromatic carbocycles.